The SMILES string of the molecule is C=CC(=O)Nc1ccc(C(=O)N2CC[C@H](Nc3ncc4cc(C)ccc4n3)C2)cc1. The first kappa shape index (κ1) is 19.6. The molecule has 30 heavy (non-hydrogen) atoms. The fraction of sp³-hybridized carbons (Fsp3) is 0.217. The van der Waals surface area contributed by atoms with Gasteiger partial charge in [-0.15, -0.1) is 0 Å². The molecular weight excluding hydrogens is 378 g/mol. The third-order valence-corrected chi connectivity index (χ3v) is 5.13. The van der Waals surface area contributed by atoms with Crippen molar-refractivity contribution in [2.24, 2.45) is 0 Å². The second kappa shape index (κ2) is 8.32. The van der Waals surface area contributed by atoms with Gasteiger partial charge < -0.3 is 15.5 Å². The van der Waals surface area contributed by atoms with Gasteiger partial charge in [0.15, 0.2) is 0 Å². The molecular formula is C23H23N5O2. The first-order chi connectivity index (χ1) is 14.5. The van der Waals surface area contributed by atoms with Crippen molar-refractivity contribution in [1.29, 1.82) is 0 Å². The van der Waals surface area contributed by atoms with E-state index in [2.05, 4.69) is 33.2 Å². The number of rotatable bonds is 5. The number of aryl methyl sites for hydroxylation is 1. The van der Waals surface area contributed by atoms with Gasteiger partial charge in [0.05, 0.1) is 5.52 Å². The summed E-state index contributed by atoms with van der Waals surface area (Å²) in [6, 6.07) is 13.0. The molecule has 0 spiro atoms. The van der Waals surface area contributed by atoms with Crippen LogP contribution in [0.3, 0.4) is 0 Å². The van der Waals surface area contributed by atoms with Crippen LogP contribution in [0.2, 0.25) is 0 Å². The lowest BCUT2D eigenvalue weighted by molar-refractivity contribution is -0.111. The highest BCUT2D eigenvalue weighted by atomic mass is 16.2. The summed E-state index contributed by atoms with van der Waals surface area (Å²) in [5.74, 6) is 0.261. The van der Waals surface area contributed by atoms with E-state index in [4.69, 9.17) is 0 Å². The molecule has 152 valence electrons. The van der Waals surface area contributed by atoms with Crippen LogP contribution >= 0.6 is 0 Å². The zero-order valence-corrected chi connectivity index (χ0v) is 16.8. The van der Waals surface area contributed by atoms with Crippen molar-refractivity contribution in [1.82, 2.24) is 14.9 Å². The summed E-state index contributed by atoms with van der Waals surface area (Å²) in [4.78, 5) is 35.0. The Bertz CT molecular complexity index is 1110. The van der Waals surface area contributed by atoms with Crippen molar-refractivity contribution in [2.45, 2.75) is 19.4 Å². The molecule has 2 amide bonds. The molecule has 0 bridgehead atoms. The number of aromatic nitrogens is 2. The largest absolute Gasteiger partial charge is 0.350 e. The van der Waals surface area contributed by atoms with Gasteiger partial charge in [-0.1, -0.05) is 18.2 Å². The molecule has 0 aliphatic carbocycles. The normalized spacial score (nSPS) is 15.8. The highest BCUT2D eigenvalue weighted by molar-refractivity contribution is 5.99. The molecule has 0 radical (unpaired) electrons. The number of nitrogens with zero attached hydrogens (tertiary/aromatic N) is 3. The zero-order chi connectivity index (χ0) is 21.1. The molecule has 1 saturated heterocycles. The third kappa shape index (κ3) is 4.30. The fourth-order valence-corrected chi connectivity index (χ4v) is 3.54. The molecule has 0 unspecified atom stereocenters. The van der Waals surface area contributed by atoms with Gasteiger partial charge in [-0.2, -0.15) is 0 Å². The summed E-state index contributed by atoms with van der Waals surface area (Å²) in [6.07, 6.45) is 3.85. The van der Waals surface area contributed by atoms with Crippen molar-refractivity contribution < 1.29 is 9.59 Å². The van der Waals surface area contributed by atoms with Crippen LogP contribution in [0.15, 0.2) is 61.3 Å². The Morgan fingerprint density at radius 3 is 2.77 bits per heavy atom. The molecule has 2 heterocycles. The van der Waals surface area contributed by atoms with E-state index in [9.17, 15) is 9.59 Å². The molecule has 7 heteroatoms. The van der Waals surface area contributed by atoms with E-state index >= 15 is 0 Å². The molecule has 1 aliphatic heterocycles. The van der Waals surface area contributed by atoms with Gasteiger partial charge >= 0.3 is 0 Å². The first-order valence-corrected chi connectivity index (χ1v) is 9.84. The number of fused-ring (bicyclic) bond motifs is 1. The van der Waals surface area contributed by atoms with Crippen molar-refractivity contribution in [3.05, 3.63) is 72.4 Å². The number of benzene rings is 2. The summed E-state index contributed by atoms with van der Waals surface area (Å²) in [5.41, 5.74) is 3.28. The maximum absolute atomic E-state index is 12.8. The smallest absolute Gasteiger partial charge is 0.253 e. The lowest BCUT2D eigenvalue weighted by Crippen LogP contribution is -2.31. The van der Waals surface area contributed by atoms with Crippen LogP contribution in [0.25, 0.3) is 10.9 Å². The van der Waals surface area contributed by atoms with Gasteiger partial charge in [0.1, 0.15) is 0 Å². The molecule has 0 saturated carbocycles. The van der Waals surface area contributed by atoms with Gasteiger partial charge in [0.2, 0.25) is 11.9 Å². The van der Waals surface area contributed by atoms with E-state index in [1.807, 2.05) is 30.2 Å². The maximum Gasteiger partial charge on any atom is 0.253 e. The van der Waals surface area contributed by atoms with Crippen LogP contribution < -0.4 is 10.6 Å². The Morgan fingerprint density at radius 1 is 1.20 bits per heavy atom. The van der Waals surface area contributed by atoms with Gasteiger partial charge in [0, 0.05) is 42.0 Å². The van der Waals surface area contributed by atoms with Gasteiger partial charge in [0.25, 0.3) is 5.91 Å². The van der Waals surface area contributed by atoms with Crippen molar-refractivity contribution in [3.63, 3.8) is 0 Å². The monoisotopic (exact) mass is 401 g/mol. The zero-order valence-electron chi connectivity index (χ0n) is 16.8. The number of likely N-dealkylation sites (tertiary alicyclic amines) is 1. The summed E-state index contributed by atoms with van der Waals surface area (Å²) < 4.78 is 0. The van der Waals surface area contributed by atoms with E-state index in [1.54, 1.807) is 24.3 Å². The number of amides is 2. The summed E-state index contributed by atoms with van der Waals surface area (Å²) in [7, 11) is 0. The minimum Gasteiger partial charge on any atom is -0.350 e. The average Bonchev–Trinajstić information content (AvgIpc) is 3.22. The number of nitrogens with one attached hydrogen (secondary N) is 2. The maximum atomic E-state index is 12.8. The Hall–Kier alpha value is -3.74. The lowest BCUT2D eigenvalue weighted by atomic mass is 10.2. The molecule has 1 atom stereocenters. The van der Waals surface area contributed by atoms with Crippen molar-refractivity contribution in [2.75, 3.05) is 23.7 Å². The molecule has 1 aromatic heterocycles. The molecule has 4 rings (SSSR count). The van der Waals surface area contributed by atoms with E-state index in [0.717, 1.165) is 17.3 Å². The third-order valence-electron chi connectivity index (χ3n) is 5.13. The number of carbonyl (C=O) groups excluding carboxylic acids is 2. The van der Waals surface area contributed by atoms with Crippen LogP contribution in [0, 0.1) is 6.92 Å². The standard InChI is InChI=1S/C23H23N5O2/c1-3-21(29)25-18-7-5-16(6-8-18)22(30)28-11-10-19(14-28)26-23-24-13-17-12-15(2)4-9-20(17)27-23/h3-9,12-13,19H,1,10-11,14H2,2H3,(H,25,29)(H,24,26,27)/t19-/m0/s1. The quantitative estimate of drug-likeness (QED) is 0.640. The van der Waals surface area contributed by atoms with Gasteiger partial charge in [-0.3, -0.25) is 9.59 Å². The predicted octanol–water partition coefficient (Wildman–Crippen LogP) is 3.39. The number of anilines is 2. The van der Waals surface area contributed by atoms with E-state index < -0.39 is 0 Å². The Morgan fingerprint density at radius 2 is 2.00 bits per heavy atom. The van der Waals surface area contributed by atoms with E-state index in [1.165, 1.54) is 11.6 Å². The minimum absolute atomic E-state index is 0.0317. The average molecular weight is 401 g/mol. The fourth-order valence-electron chi connectivity index (χ4n) is 3.54. The molecule has 1 aliphatic rings. The molecule has 2 N–H and O–H groups in total. The second-order valence-corrected chi connectivity index (χ2v) is 7.41. The number of hydrogen-bond donors (Lipinski definition) is 2. The molecule has 3 aromatic rings. The summed E-state index contributed by atoms with van der Waals surface area (Å²) >= 11 is 0. The van der Waals surface area contributed by atoms with E-state index in [0.29, 0.717) is 30.3 Å². The van der Waals surface area contributed by atoms with Crippen LogP contribution in [-0.4, -0.2) is 45.8 Å². The summed E-state index contributed by atoms with van der Waals surface area (Å²) in [6.45, 7) is 6.72. The van der Waals surface area contributed by atoms with Crippen LogP contribution in [0.1, 0.15) is 22.3 Å². The highest BCUT2D eigenvalue weighted by Gasteiger charge is 2.27. The van der Waals surface area contributed by atoms with Gasteiger partial charge in [-0.05, 0) is 55.8 Å². The highest BCUT2D eigenvalue weighted by Crippen LogP contribution is 2.19. The second-order valence-electron chi connectivity index (χ2n) is 7.41. The lowest BCUT2D eigenvalue weighted by Gasteiger charge is -2.17. The van der Waals surface area contributed by atoms with Crippen molar-refractivity contribution in [3.8, 4) is 0 Å². The Balaban J connectivity index is 1.38. The predicted molar refractivity (Wildman–Crippen MR) is 117 cm³/mol. The molecule has 7 nitrogen and oxygen atoms in total. The first-order valence-electron chi connectivity index (χ1n) is 9.84. The van der Waals surface area contributed by atoms with E-state index in [-0.39, 0.29) is 17.9 Å². The minimum atomic E-state index is -0.284. The molecule has 1 fully saturated rings. The van der Waals surface area contributed by atoms with Gasteiger partial charge in [-0.25, -0.2) is 9.97 Å². The van der Waals surface area contributed by atoms with Crippen LogP contribution in [-0.2, 0) is 4.79 Å². The Labute approximate surface area is 174 Å². The number of carbonyl (C=O) groups is 2. The topological polar surface area (TPSA) is 87.2 Å². The summed E-state index contributed by atoms with van der Waals surface area (Å²) in [5, 5.41) is 7.03. The van der Waals surface area contributed by atoms with Crippen LogP contribution in [0.5, 0.6) is 0 Å². The molecule has 2 aromatic carbocycles. The van der Waals surface area contributed by atoms with Crippen LogP contribution in [0.4, 0.5) is 11.6 Å². The van der Waals surface area contributed by atoms with Crippen molar-refractivity contribution >= 4 is 34.4 Å². The number of hydrogen-bond acceptors (Lipinski definition) is 5. The Kier molecular flexibility index (Phi) is 5.43.